The lowest BCUT2D eigenvalue weighted by atomic mass is 10.1. The van der Waals surface area contributed by atoms with Gasteiger partial charge in [-0.3, -0.25) is 14.6 Å². The molecule has 3 rings (SSSR count). The van der Waals surface area contributed by atoms with Crippen molar-refractivity contribution in [2.75, 3.05) is 54.0 Å². The van der Waals surface area contributed by atoms with Gasteiger partial charge in [0.1, 0.15) is 17.5 Å². The van der Waals surface area contributed by atoms with Gasteiger partial charge in [0.15, 0.2) is 0 Å². The summed E-state index contributed by atoms with van der Waals surface area (Å²) in [4.78, 5) is 18.8. The lowest BCUT2D eigenvalue weighted by Gasteiger charge is -2.45. The zero-order chi connectivity index (χ0) is 17.3. The molecule has 1 aromatic rings. The van der Waals surface area contributed by atoms with E-state index in [9.17, 15) is 4.79 Å². The molecule has 2 fully saturated rings. The summed E-state index contributed by atoms with van der Waals surface area (Å²) < 4.78 is 10.7. The number of halogens is 1. The fraction of sp³-hybridized carbons (Fsp3) is 0.588. The Balaban J connectivity index is 1.75. The number of nitrogens with zero attached hydrogens (tertiary/aromatic N) is 3. The van der Waals surface area contributed by atoms with E-state index < -0.39 is 0 Å². The second-order valence-electron chi connectivity index (χ2n) is 6.35. The number of hydrogen-bond acceptors (Lipinski definition) is 5. The Morgan fingerprint density at radius 3 is 2.54 bits per heavy atom. The molecule has 0 aromatic heterocycles. The van der Waals surface area contributed by atoms with Crippen molar-refractivity contribution in [3.8, 4) is 11.5 Å². The minimum absolute atomic E-state index is 0.0442. The smallest absolute Gasteiger partial charge is 0.241 e. The summed E-state index contributed by atoms with van der Waals surface area (Å²) in [5, 5.41) is 0.570. The summed E-state index contributed by atoms with van der Waals surface area (Å²) in [5.74, 6) is 1.57. The van der Waals surface area contributed by atoms with Crippen LogP contribution in [0.25, 0.3) is 0 Å². The van der Waals surface area contributed by atoms with Crippen molar-refractivity contribution >= 4 is 17.5 Å². The van der Waals surface area contributed by atoms with E-state index in [0.717, 1.165) is 44.0 Å². The van der Waals surface area contributed by atoms with E-state index in [2.05, 4.69) is 9.80 Å². The molecule has 0 radical (unpaired) electrons. The van der Waals surface area contributed by atoms with Gasteiger partial charge in [-0.2, -0.15) is 0 Å². The number of rotatable bonds is 4. The zero-order valence-corrected chi connectivity index (χ0v) is 15.2. The van der Waals surface area contributed by atoms with Crippen molar-refractivity contribution < 1.29 is 14.3 Å². The maximum absolute atomic E-state index is 12.4. The first-order valence-electron chi connectivity index (χ1n) is 8.15. The minimum Gasteiger partial charge on any atom is -0.496 e. The quantitative estimate of drug-likeness (QED) is 0.817. The third kappa shape index (κ3) is 3.31. The number of piperazine rings is 2. The molecule has 1 aromatic carbocycles. The van der Waals surface area contributed by atoms with Crippen LogP contribution in [0.4, 0.5) is 0 Å². The predicted molar refractivity (Wildman–Crippen MR) is 92.8 cm³/mol. The number of carbonyl (C=O) groups excluding carboxylic acids is 1. The number of fused-ring (bicyclic) bond motifs is 1. The summed E-state index contributed by atoms with van der Waals surface area (Å²) in [7, 11) is 5.11. The van der Waals surface area contributed by atoms with Crippen molar-refractivity contribution in [3.63, 3.8) is 0 Å². The fourth-order valence-electron chi connectivity index (χ4n) is 3.45. The van der Waals surface area contributed by atoms with E-state index in [1.807, 2.05) is 24.1 Å². The second kappa shape index (κ2) is 7.17. The van der Waals surface area contributed by atoms with Crippen LogP contribution in [-0.2, 0) is 11.3 Å². The van der Waals surface area contributed by atoms with Gasteiger partial charge in [0.05, 0.1) is 19.2 Å². The molecular weight excluding hydrogens is 330 g/mol. The van der Waals surface area contributed by atoms with Gasteiger partial charge in [-0.15, -0.1) is 0 Å². The Labute approximate surface area is 147 Å². The molecule has 0 aliphatic carbocycles. The predicted octanol–water partition coefficient (Wildman–Crippen LogP) is 1.32. The van der Waals surface area contributed by atoms with Crippen LogP contribution in [0.1, 0.15) is 5.56 Å². The van der Waals surface area contributed by atoms with Gasteiger partial charge in [-0.25, -0.2) is 0 Å². The standard InChI is InChI=1S/C17H24ClN3O3/c1-19-4-6-21-7-5-20(11-14(21)17(19)22)10-12-8-13(18)16(24-3)9-15(12)23-2/h8-9,14H,4-7,10-11H2,1-3H3. The van der Waals surface area contributed by atoms with Crippen molar-refractivity contribution in [2.24, 2.45) is 0 Å². The Morgan fingerprint density at radius 1 is 1.12 bits per heavy atom. The Bertz CT molecular complexity index is 625. The van der Waals surface area contributed by atoms with Crippen molar-refractivity contribution in [2.45, 2.75) is 12.6 Å². The highest BCUT2D eigenvalue weighted by Crippen LogP contribution is 2.33. The van der Waals surface area contributed by atoms with Gasteiger partial charge in [0.2, 0.25) is 5.91 Å². The summed E-state index contributed by atoms with van der Waals surface area (Å²) in [6.07, 6.45) is 0. The molecule has 2 heterocycles. The number of carbonyl (C=O) groups is 1. The average Bonchev–Trinajstić information content (AvgIpc) is 2.59. The van der Waals surface area contributed by atoms with Crippen LogP contribution in [0.3, 0.4) is 0 Å². The number of likely N-dealkylation sites (N-methyl/N-ethyl adjacent to an activating group) is 1. The van der Waals surface area contributed by atoms with Crippen molar-refractivity contribution in [1.82, 2.24) is 14.7 Å². The molecule has 1 atom stereocenters. The Hall–Kier alpha value is -1.50. The number of amides is 1. The first kappa shape index (κ1) is 17.3. The van der Waals surface area contributed by atoms with Gasteiger partial charge in [-0.1, -0.05) is 11.6 Å². The molecular formula is C17H24ClN3O3. The summed E-state index contributed by atoms with van der Waals surface area (Å²) in [6.45, 7) is 5.05. The summed E-state index contributed by atoms with van der Waals surface area (Å²) in [5.41, 5.74) is 1.01. The van der Waals surface area contributed by atoms with Crippen LogP contribution in [0.5, 0.6) is 11.5 Å². The molecule has 132 valence electrons. The van der Waals surface area contributed by atoms with E-state index in [0.29, 0.717) is 17.3 Å². The van der Waals surface area contributed by atoms with Crippen molar-refractivity contribution in [3.05, 3.63) is 22.7 Å². The van der Waals surface area contributed by atoms with Crippen LogP contribution in [0, 0.1) is 0 Å². The van der Waals surface area contributed by atoms with E-state index in [1.165, 1.54) is 0 Å². The molecule has 2 aliphatic rings. The van der Waals surface area contributed by atoms with E-state index in [1.54, 1.807) is 14.2 Å². The molecule has 2 aliphatic heterocycles. The van der Waals surface area contributed by atoms with Crippen LogP contribution in [0.15, 0.2) is 12.1 Å². The highest BCUT2D eigenvalue weighted by Gasteiger charge is 2.37. The Kier molecular flexibility index (Phi) is 5.18. The van der Waals surface area contributed by atoms with E-state index in [4.69, 9.17) is 21.1 Å². The molecule has 7 heteroatoms. The number of hydrogen-bond donors (Lipinski definition) is 0. The molecule has 2 saturated heterocycles. The molecule has 0 saturated carbocycles. The highest BCUT2D eigenvalue weighted by atomic mass is 35.5. The molecule has 0 spiro atoms. The van der Waals surface area contributed by atoms with Gasteiger partial charge in [-0.05, 0) is 6.07 Å². The first-order chi connectivity index (χ1) is 11.5. The van der Waals surface area contributed by atoms with Gasteiger partial charge < -0.3 is 14.4 Å². The maximum atomic E-state index is 12.4. The normalized spacial score (nSPS) is 22.4. The van der Waals surface area contributed by atoms with Crippen molar-refractivity contribution in [1.29, 1.82) is 0 Å². The fourth-order valence-corrected chi connectivity index (χ4v) is 3.72. The average molecular weight is 354 g/mol. The summed E-state index contributed by atoms with van der Waals surface area (Å²) in [6, 6.07) is 3.66. The summed E-state index contributed by atoms with van der Waals surface area (Å²) >= 11 is 6.26. The highest BCUT2D eigenvalue weighted by molar-refractivity contribution is 6.32. The van der Waals surface area contributed by atoms with Gasteiger partial charge in [0, 0.05) is 57.9 Å². The van der Waals surface area contributed by atoms with Crippen LogP contribution in [0.2, 0.25) is 5.02 Å². The number of benzene rings is 1. The Morgan fingerprint density at radius 2 is 1.83 bits per heavy atom. The minimum atomic E-state index is -0.0442. The number of methoxy groups -OCH3 is 2. The molecule has 24 heavy (non-hydrogen) atoms. The number of ether oxygens (including phenoxy) is 2. The van der Waals surface area contributed by atoms with Crippen LogP contribution in [-0.4, -0.2) is 80.6 Å². The van der Waals surface area contributed by atoms with Crippen LogP contribution >= 0.6 is 11.6 Å². The lowest BCUT2D eigenvalue weighted by molar-refractivity contribution is -0.143. The SMILES string of the molecule is COc1cc(OC)c(CN2CCN3CCN(C)C(=O)C3C2)cc1Cl. The monoisotopic (exact) mass is 353 g/mol. The van der Waals surface area contributed by atoms with E-state index in [-0.39, 0.29) is 11.9 Å². The maximum Gasteiger partial charge on any atom is 0.241 e. The van der Waals surface area contributed by atoms with Gasteiger partial charge >= 0.3 is 0 Å². The molecule has 0 N–H and O–H groups in total. The topological polar surface area (TPSA) is 45.3 Å². The van der Waals surface area contributed by atoms with Gasteiger partial charge in [0.25, 0.3) is 0 Å². The van der Waals surface area contributed by atoms with E-state index >= 15 is 0 Å². The molecule has 1 amide bonds. The van der Waals surface area contributed by atoms with Crippen LogP contribution < -0.4 is 9.47 Å². The third-order valence-corrected chi connectivity index (χ3v) is 5.20. The second-order valence-corrected chi connectivity index (χ2v) is 6.75. The largest absolute Gasteiger partial charge is 0.496 e. The first-order valence-corrected chi connectivity index (χ1v) is 8.53. The zero-order valence-electron chi connectivity index (χ0n) is 14.4. The molecule has 1 unspecified atom stereocenters. The third-order valence-electron chi connectivity index (χ3n) is 4.91. The molecule has 6 nitrogen and oxygen atoms in total. The lowest BCUT2D eigenvalue weighted by Crippen LogP contribution is -2.63. The molecule has 0 bridgehead atoms.